The van der Waals surface area contributed by atoms with Gasteiger partial charge in [-0.3, -0.25) is 0 Å². The highest BCUT2D eigenvalue weighted by Crippen LogP contribution is 2.33. The van der Waals surface area contributed by atoms with E-state index < -0.39 is 11.5 Å². The van der Waals surface area contributed by atoms with Gasteiger partial charge in [-0.1, -0.05) is 13.3 Å². The maximum absolute atomic E-state index is 12.2. The molecule has 20 heavy (non-hydrogen) atoms. The number of urea groups is 1. The molecule has 0 radical (unpaired) electrons. The Balaban J connectivity index is 2.58. The van der Waals surface area contributed by atoms with Crippen molar-refractivity contribution in [2.75, 3.05) is 33.7 Å². The average Bonchev–Trinajstić information content (AvgIpc) is 2.79. The minimum Gasteiger partial charge on any atom is -0.479 e. The molecule has 1 atom stereocenters. The largest absolute Gasteiger partial charge is 0.479 e. The van der Waals surface area contributed by atoms with Crippen LogP contribution in [0.5, 0.6) is 0 Å². The van der Waals surface area contributed by atoms with E-state index in [2.05, 4.69) is 10.2 Å². The van der Waals surface area contributed by atoms with Crippen LogP contribution in [0.1, 0.15) is 39.0 Å². The van der Waals surface area contributed by atoms with Gasteiger partial charge in [-0.25, -0.2) is 9.59 Å². The minimum atomic E-state index is -1.000. The van der Waals surface area contributed by atoms with Crippen LogP contribution in [0.3, 0.4) is 0 Å². The molecule has 0 spiro atoms. The first-order chi connectivity index (χ1) is 9.44. The van der Waals surface area contributed by atoms with Crippen molar-refractivity contribution in [1.82, 2.24) is 15.1 Å². The van der Waals surface area contributed by atoms with Gasteiger partial charge >= 0.3 is 12.0 Å². The van der Waals surface area contributed by atoms with E-state index in [0.717, 1.165) is 25.8 Å². The van der Waals surface area contributed by atoms with Gasteiger partial charge in [0.15, 0.2) is 0 Å². The number of nitrogens with one attached hydrogen (secondary N) is 1. The van der Waals surface area contributed by atoms with Crippen molar-refractivity contribution >= 4 is 12.0 Å². The van der Waals surface area contributed by atoms with E-state index in [1.54, 1.807) is 0 Å². The maximum Gasteiger partial charge on any atom is 0.329 e. The molecule has 0 aromatic carbocycles. The Labute approximate surface area is 121 Å². The third-order valence-corrected chi connectivity index (χ3v) is 3.85. The summed E-state index contributed by atoms with van der Waals surface area (Å²) in [5.74, 6) is -0.875. The number of nitrogens with zero attached hydrogens (tertiary/aromatic N) is 2. The molecule has 1 rings (SSSR count). The number of amides is 2. The zero-order chi connectivity index (χ0) is 15.2. The summed E-state index contributed by atoms with van der Waals surface area (Å²) in [4.78, 5) is 27.4. The Morgan fingerprint density at radius 2 is 2.10 bits per heavy atom. The van der Waals surface area contributed by atoms with Crippen LogP contribution in [-0.2, 0) is 4.79 Å². The molecule has 0 saturated carbocycles. The van der Waals surface area contributed by atoms with Gasteiger partial charge in [-0.05, 0) is 46.3 Å². The number of rotatable bonds is 7. The smallest absolute Gasteiger partial charge is 0.329 e. The molecule has 6 nitrogen and oxygen atoms in total. The fraction of sp³-hybridized carbons (Fsp3) is 0.857. The lowest BCUT2D eigenvalue weighted by molar-refractivity contribution is -0.148. The summed E-state index contributed by atoms with van der Waals surface area (Å²) in [5, 5.41) is 12.4. The number of likely N-dealkylation sites (tertiary alicyclic amines) is 1. The van der Waals surface area contributed by atoms with Gasteiger partial charge in [-0.15, -0.1) is 0 Å². The minimum absolute atomic E-state index is 0.239. The predicted octanol–water partition coefficient (Wildman–Crippen LogP) is 1.37. The Hall–Kier alpha value is -1.30. The van der Waals surface area contributed by atoms with Crippen LogP contribution in [0.25, 0.3) is 0 Å². The van der Waals surface area contributed by atoms with Gasteiger partial charge in [0.1, 0.15) is 5.54 Å². The quantitative estimate of drug-likeness (QED) is 0.693. The van der Waals surface area contributed by atoms with E-state index in [-0.39, 0.29) is 6.03 Å². The molecule has 1 aliphatic rings. The highest BCUT2D eigenvalue weighted by molar-refractivity contribution is 5.87. The molecular formula is C14H27N3O3. The molecule has 0 aromatic heterocycles. The van der Waals surface area contributed by atoms with E-state index >= 15 is 0 Å². The van der Waals surface area contributed by atoms with Crippen molar-refractivity contribution in [2.45, 2.75) is 44.6 Å². The molecule has 1 aliphatic heterocycles. The lowest BCUT2D eigenvalue weighted by atomic mass is 9.91. The second kappa shape index (κ2) is 7.47. The van der Waals surface area contributed by atoms with E-state index in [9.17, 15) is 14.7 Å². The highest BCUT2D eigenvalue weighted by atomic mass is 16.4. The fourth-order valence-electron chi connectivity index (χ4n) is 2.86. The Morgan fingerprint density at radius 3 is 2.65 bits per heavy atom. The molecule has 2 N–H and O–H groups in total. The molecule has 1 fully saturated rings. The van der Waals surface area contributed by atoms with E-state index in [0.29, 0.717) is 25.9 Å². The van der Waals surface area contributed by atoms with Crippen LogP contribution >= 0.6 is 0 Å². The summed E-state index contributed by atoms with van der Waals surface area (Å²) < 4.78 is 0. The Morgan fingerprint density at radius 1 is 1.40 bits per heavy atom. The Kier molecular flexibility index (Phi) is 6.26. The monoisotopic (exact) mass is 285 g/mol. The molecular weight excluding hydrogens is 258 g/mol. The van der Waals surface area contributed by atoms with Crippen LogP contribution in [0.15, 0.2) is 0 Å². The fourth-order valence-corrected chi connectivity index (χ4v) is 2.86. The van der Waals surface area contributed by atoms with Crippen molar-refractivity contribution in [2.24, 2.45) is 0 Å². The first-order valence-electron chi connectivity index (χ1n) is 7.37. The number of aliphatic carboxylic acids is 1. The van der Waals surface area contributed by atoms with Gasteiger partial charge < -0.3 is 20.2 Å². The standard InChI is InChI=1S/C14H27N3O3/c1-4-7-14(12(18)19)8-5-11-17(14)13(20)15-9-6-10-16(2)3/h4-11H2,1-3H3,(H,15,20)(H,18,19). The summed E-state index contributed by atoms with van der Waals surface area (Å²) in [7, 11) is 3.97. The summed E-state index contributed by atoms with van der Waals surface area (Å²) in [5.41, 5.74) is -1.000. The molecule has 0 bridgehead atoms. The highest BCUT2D eigenvalue weighted by Gasteiger charge is 2.49. The van der Waals surface area contributed by atoms with Crippen molar-refractivity contribution in [3.8, 4) is 0 Å². The zero-order valence-electron chi connectivity index (χ0n) is 12.8. The summed E-state index contributed by atoms with van der Waals surface area (Å²) in [6.07, 6.45) is 3.46. The number of carbonyl (C=O) groups is 2. The van der Waals surface area contributed by atoms with Gasteiger partial charge in [-0.2, -0.15) is 0 Å². The van der Waals surface area contributed by atoms with Crippen molar-refractivity contribution in [1.29, 1.82) is 0 Å². The van der Waals surface area contributed by atoms with E-state index in [4.69, 9.17) is 0 Å². The molecule has 1 unspecified atom stereocenters. The lowest BCUT2D eigenvalue weighted by Crippen LogP contribution is -2.56. The van der Waals surface area contributed by atoms with Crippen molar-refractivity contribution in [3.05, 3.63) is 0 Å². The molecule has 1 heterocycles. The van der Waals surface area contributed by atoms with Gasteiger partial charge in [0.05, 0.1) is 0 Å². The third kappa shape index (κ3) is 3.85. The molecule has 1 saturated heterocycles. The second-order valence-electron chi connectivity index (χ2n) is 5.73. The second-order valence-corrected chi connectivity index (χ2v) is 5.73. The van der Waals surface area contributed by atoms with Crippen molar-refractivity contribution in [3.63, 3.8) is 0 Å². The maximum atomic E-state index is 12.2. The van der Waals surface area contributed by atoms with Crippen molar-refractivity contribution < 1.29 is 14.7 Å². The average molecular weight is 285 g/mol. The van der Waals surface area contributed by atoms with Gasteiger partial charge in [0, 0.05) is 13.1 Å². The number of carboxylic acid groups (broad SMARTS) is 1. The Bertz CT molecular complexity index is 347. The number of hydrogen-bond acceptors (Lipinski definition) is 3. The number of carbonyl (C=O) groups excluding carboxylic acids is 1. The summed E-state index contributed by atoms with van der Waals surface area (Å²) >= 11 is 0. The number of carboxylic acids is 1. The van der Waals surface area contributed by atoms with E-state index in [1.807, 2.05) is 21.0 Å². The SMILES string of the molecule is CCCC1(C(=O)O)CCCN1C(=O)NCCCN(C)C. The van der Waals surface area contributed by atoms with Crippen LogP contribution in [0.4, 0.5) is 4.79 Å². The first-order valence-corrected chi connectivity index (χ1v) is 7.37. The molecule has 6 heteroatoms. The predicted molar refractivity (Wildman–Crippen MR) is 77.8 cm³/mol. The topological polar surface area (TPSA) is 72.9 Å². The van der Waals surface area contributed by atoms with Gasteiger partial charge in [0.2, 0.25) is 0 Å². The molecule has 116 valence electrons. The first kappa shape index (κ1) is 16.8. The summed E-state index contributed by atoms with van der Waals surface area (Å²) in [6.45, 7) is 3.97. The summed E-state index contributed by atoms with van der Waals surface area (Å²) in [6, 6.07) is -0.239. The van der Waals surface area contributed by atoms with E-state index in [1.165, 1.54) is 4.90 Å². The normalized spacial score (nSPS) is 22.3. The molecule has 0 aromatic rings. The van der Waals surface area contributed by atoms with Crippen LogP contribution in [0, 0.1) is 0 Å². The molecule has 2 amide bonds. The van der Waals surface area contributed by atoms with Gasteiger partial charge in [0.25, 0.3) is 0 Å². The van der Waals surface area contributed by atoms with Crippen LogP contribution < -0.4 is 5.32 Å². The molecule has 0 aliphatic carbocycles. The third-order valence-electron chi connectivity index (χ3n) is 3.85. The zero-order valence-corrected chi connectivity index (χ0v) is 12.8. The lowest BCUT2D eigenvalue weighted by Gasteiger charge is -2.34. The number of hydrogen-bond donors (Lipinski definition) is 2. The van der Waals surface area contributed by atoms with Crippen LogP contribution in [0.2, 0.25) is 0 Å². The van der Waals surface area contributed by atoms with Crippen LogP contribution in [-0.4, -0.2) is 66.2 Å².